The number of hydrogen-bond acceptors (Lipinski definition) is 4. The van der Waals surface area contributed by atoms with E-state index in [4.69, 9.17) is 21.1 Å². The number of carbonyl (C=O) groups excluding carboxylic acids is 1. The second-order valence-electron chi connectivity index (χ2n) is 5.38. The molecule has 0 unspecified atom stereocenters. The molecule has 1 amide bonds. The molecule has 0 bridgehead atoms. The average molecular weight is 352 g/mol. The van der Waals surface area contributed by atoms with Crippen molar-refractivity contribution in [3.63, 3.8) is 0 Å². The molecule has 23 heavy (non-hydrogen) atoms. The molecule has 122 valence electrons. The minimum Gasteiger partial charge on any atom is -0.379 e. The molecular formula is C17H18ClNO3S. The van der Waals surface area contributed by atoms with Crippen LogP contribution in [0.5, 0.6) is 0 Å². The Balaban J connectivity index is 1.60. The van der Waals surface area contributed by atoms with Crippen LogP contribution in [0.4, 0.5) is 0 Å². The fourth-order valence-corrected chi connectivity index (χ4v) is 3.55. The maximum Gasteiger partial charge on any atom is 0.263 e. The number of carbonyl (C=O) groups is 1. The number of halogens is 1. The van der Waals surface area contributed by atoms with Crippen LogP contribution in [0.25, 0.3) is 0 Å². The van der Waals surface area contributed by atoms with Crippen LogP contribution in [0.3, 0.4) is 0 Å². The summed E-state index contributed by atoms with van der Waals surface area (Å²) in [5.74, 6) is -0.148. The van der Waals surface area contributed by atoms with Crippen LogP contribution in [0.15, 0.2) is 41.8 Å². The number of thiophene rings is 1. The largest absolute Gasteiger partial charge is 0.379 e. The summed E-state index contributed by atoms with van der Waals surface area (Å²) in [5.41, 5.74) is 1.10. The monoisotopic (exact) mass is 351 g/mol. The van der Waals surface area contributed by atoms with Gasteiger partial charge in [0, 0.05) is 6.61 Å². The van der Waals surface area contributed by atoms with E-state index in [1.165, 1.54) is 11.3 Å². The molecule has 1 aliphatic heterocycles. The zero-order valence-corrected chi connectivity index (χ0v) is 14.1. The maximum atomic E-state index is 12.3. The van der Waals surface area contributed by atoms with Crippen molar-refractivity contribution in [2.45, 2.75) is 25.2 Å². The molecule has 1 aromatic carbocycles. The molecule has 6 heteroatoms. The predicted octanol–water partition coefficient (Wildman–Crippen LogP) is 3.51. The standard InChI is InChI=1S/C17H18ClNO3S/c18-13-7-9-23-16(13)17(20)19-14-6-8-21-11-15(14)22-10-12-4-2-1-3-5-12/h1-5,7,9,14-15H,6,8,10-11H2,(H,19,20)/t14-,15-/m1/s1. The van der Waals surface area contributed by atoms with Crippen molar-refractivity contribution in [1.29, 1.82) is 0 Å². The molecule has 4 nitrogen and oxygen atoms in total. The molecule has 1 N–H and O–H groups in total. The number of ether oxygens (including phenoxy) is 2. The summed E-state index contributed by atoms with van der Waals surface area (Å²) in [6, 6.07) is 11.6. The van der Waals surface area contributed by atoms with Gasteiger partial charge in [0.15, 0.2) is 0 Å². The third-order valence-corrected chi connectivity index (χ3v) is 5.09. The van der Waals surface area contributed by atoms with E-state index in [-0.39, 0.29) is 18.1 Å². The van der Waals surface area contributed by atoms with E-state index in [1.807, 2.05) is 35.7 Å². The Kier molecular flexibility index (Phi) is 5.67. The maximum absolute atomic E-state index is 12.3. The van der Waals surface area contributed by atoms with Gasteiger partial charge in [0.25, 0.3) is 5.91 Å². The van der Waals surface area contributed by atoms with Crippen LogP contribution < -0.4 is 5.32 Å². The molecule has 0 spiro atoms. The Labute approximate surface area is 144 Å². The van der Waals surface area contributed by atoms with Crippen molar-refractivity contribution in [3.05, 3.63) is 57.2 Å². The summed E-state index contributed by atoms with van der Waals surface area (Å²) in [4.78, 5) is 12.9. The lowest BCUT2D eigenvalue weighted by atomic mass is 10.1. The minimum atomic E-state index is -0.161. The lowest BCUT2D eigenvalue weighted by molar-refractivity contribution is -0.0735. The third kappa shape index (κ3) is 4.32. The highest BCUT2D eigenvalue weighted by molar-refractivity contribution is 7.12. The van der Waals surface area contributed by atoms with Crippen LogP contribution in [0, 0.1) is 0 Å². The van der Waals surface area contributed by atoms with Crippen LogP contribution in [-0.2, 0) is 16.1 Å². The van der Waals surface area contributed by atoms with Crippen LogP contribution >= 0.6 is 22.9 Å². The van der Waals surface area contributed by atoms with Gasteiger partial charge in [-0.3, -0.25) is 4.79 Å². The van der Waals surface area contributed by atoms with Gasteiger partial charge in [-0.2, -0.15) is 0 Å². The molecule has 1 aliphatic rings. The van der Waals surface area contributed by atoms with Gasteiger partial charge in [-0.25, -0.2) is 0 Å². The lowest BCUT2D eigenvalue weighted by Gasteiger charge is -2.32. The van der Waals surface area contributed by atoms with Gasteiger partial charge in [-0.1, -0.05) is 41.9 Å². The normalized spacial score (nSPS) is 21.1. The van der Waals surface area contributed by atoms with Gasteiger partial charge in [-0.15, -0.1) is 11.3 Å². The molecule has 0 saturated carbocycles. The summed E-state index contributed by atoms with van der Waals surface area (Å²) in [7, 11) is 0. The molecule has 2 heterocycles. The number of amides is 1. The van der Waals surface area contributed by atoms with Crippen LogP contribution in [0.2, 0.25) is 5.02 Å². The van der Waals surface area contributed by atoms with Crippen LogP contribution in [0.1, 0.15) is 21.7 Å². The van der Waals surface area contributed by atoms with Crippen molar-refractivity contribution in [1.82, 2.24) is 5.32 Å². The molecular weight excluding hydrogens is 334 g/mol. The first kappa shape index (κ1) is 16.5. The first-order valence-electron chi connectivity index (χ1n) is 7.51. The summed E-state index contributed by atoms with van der Waals surface area (Å²) < 4.78 is 11.5. The van der Waals surface area contributed by atoms with Crippen molar-refractivity contribution in [2.24, 2.45) is 0 Å². The van der Waals surface area contributed by atoms with E-state index in [1.54, 1.807) is 6.07 Å². The SMILES string of the molecule is O=C(N[C@@H]1CCOC[C@H]1OCc1ccccc1)c1sccc1Cl. The van der Waals surface area contributed by atoms with Crippen molar-refractivity contribution >= 4 is 28.8 Å². The molecule has 3 rings (SSSR count). The Morgan fingerprint density at radius 2 is 2.17 bits per heavy atom. The minimum absolute atomic E-state index is 0.0712. The predicted molar refractivity (Wildman–Crippen MR) is 91.0 cm³/mol. The quantitative estimate of drug-likeness (QED) is 0.896. The topological polar surface area (TPSA) is 47.6 Å². The highest BCUT2D eigenvalue weighted by Crippen LogP contribution is 2.23. The van der Waals surface area contributed by atoms with Crippen molar-refractivity contribution in [2.75, 3.05) is 13.2 Å². The van der Waals surface area contributed by atoms with Crippen LogP contribution in [-0.4, -0.2) is 31.3 Å². The molecule has 2 aromatic rings. The number of hydrogen-bond donors (Lipinski definition) is 1. The van der Waals surface area contributed by atoms with E-state index >= 15 is 0 Å². The fraction of sp³-hybridized carbons (Fsp3) is 0.353. The Bertz CT molecular complexity index is 646. The van der Waals surface area contributed by atoms with E-state index in [0.717, 1.165) is 12.0 Å². The van der Waals surface area contributed by atoms with E-state index in [2.05, 4.69) is 5.32 Å². The summed E-state index contributed by atoms with van der Waals surface area (Å²) in [5, 5.41) is 5.33. The van der Waals surface area contributed by atoms with E-state index < -0.39 is 0 Å². The molecule has 1 saturated heterocycles. The number of benzene rings is 1. The average Bonchev–Trinajstić information content (AvgIpc) is 3.01. The van der Waals surface area contributed by atoms with E-state index in [0.29, 0.717) is 29.7 Å². The summed E-state index contributed by atoms with van der Waals surface area (Å²) in [6.45, 7) is 1.60. The molecule has 0 radical (unpaired) electrons. The highest BCUT2D eigenvalue weighted by atomic mass is 35.5. The van der Waals surface area contributed by atoms with Gasteiger partial charge in [0.05, 0.1) is 24.3 Å². The van der Waals surface area contributed by atoms with Gasteiger partial charge in [0.1, 0.15) is 11.0 Å². The van der Waals surface area contributed by atoms with Gasteiger partial charge >= 0.3 is 0 Å². The third-order valence-electron chi connectivity index (χ3n) is 3.75. The molecule has 0 aliphatic carbocycles. The number of rotatable bonds is 5. The second kappa shape index (κ2) is 7.93. The fourth-order valence-electron chi connectivity index (χ4n) is 2.51. The van der Waals surface area contributed by atoms with Gasteiger partial charge in [-0.05, 0) is 23.4 Å². The summed E-state index contributed by atoms with van der Waals surface area (Å²) in [6.07, 6.45) is 0.570. The molecule has 2 atom stereocenters. The zero-order valence-electron chi connectivity index (χ0n) is 12.5. The van der Waals surface area contributed by atoms with E-state index in [9.17, 15) is 4.79 Å². The smallest absolute Gasteiger partial charge is 0.263 e. The van der Waals surface area contributed by atoms with Gasteiger partial charge < -0.3 is 14.8 Å². The zero-order chi connectivity index (χ0) is 16.1. The van der Waals surface area contributed by atoms with Gasteiger partial charge in [0.2, 0.25) is 0 Å². The second-order valence-corrected chi connectivity index (χ2v) is 6.70. The molecule has 1 aromatic heterocycles. The summed E-state index contributed by atoms with van der Waals surface area (Å²) >= 11 is 7.37. The lowest BCUT2D eigenvalue weighted by Crippen LogP contribution is -2.49. The van der Waals surface area contributed by atoms with Crippen molar-refractivity contribution in [3.8, 4) is 0 Å². The first-order valence-corrected chi connectivity index (χ1v) is 8.77. The Hall–Kier alpha value is -1.40. The Morgan fingerprint density at radius 3 is 2.91 bits per heavy atom. The number of nitrogens with one attached hydrogen (secondary N) is 1. The Morgan fingerprint density at radius 1 is 1.35 bits per heavy atom. The molecule has 1 fully saturated rings. The first-order chi connectivity index (χ1) is 11.2. The van der Waals surface area contributed by atoms with Crippen molar-refractivity contribution < 1.29 is 14.3 Å². The highest BCUT2D eigenvalue weighted by Gasteiger charge is 2.29.